The number of methoxy groups -OCH3 is 1. The van der Waals surface area contributed by atoms with Crippen LogP contribution in [-0.4, -0.2) is 7.11 Å². The maximum atomic E-state index is 13.5. The molecule has 0 saturated heterocycles. The molecule has 1 aromatic carbocycles. The summed E-state index contributed by atoms with van der Waals surface area (Å²) >= 11 is 0. The van der Waals surface area contributed by atoms with Crippen molar-refractivity contribution in [2.75, 3.05) is 7.11 Å². The maximum absolute atomic E-state index is 13.5. The van der Waals surface area contributed by atoms with E-state index < -0.39 is 11.6 Å². The number of hydrogen-bond donors (Lipinski definition) is 1. The Bertz CT molecular complexity index is 318. The van der Waals surface area contributed by atoms with Gasteiger partial charge in [-0.3, -0.25) is 4.84 Å². The van der Waals surface area contributed by atoms with Gasteiger partial charge in [-0.1, -0.05) is 6.07 Å². The first-order valence-corrected chi connectivity index (χ1v) is 3.97. The average molecular weight is 203 g/mol. The molecule has 0 radical (unpaired) electrons. The average Bonchev–Trinajstić information content (AvgIpc) is 2.17. The van der Waals surface area contributed by atoms with E-state index >= 15 is 0 Å². The van der Waals surface area contributed by atoms with E-state index in [0.29, 0.717) is 0 Å². The Balaban J connectivity index is 3.05. The number of halogens is 2. The summed E-state index contributed by atoms with van der Waals surface area (Å²) in [6.07, 6.45) is 0. The highest BCUT2D eigenvalue weighted by atomic mass is 19.1. The molecule has 0 unspecified atom stereocenters. The summed E-state index contributed by atoms with van der Waals surface area (Å²) in [5.41, 5.74) is 0.100. The number of hydrogen-bond acceptors (Lipinski definition) is 3. The molecule has 0 aliphatic heterocycles. The van der Waals surface area contributed by atoms with E-state index in [-0.39, 0.29) is 24.3 Å². The van der Waals surface area contributed by atoms with Crippen molar-refractivity contribution < 1.29 is 18.4 Å². The number of rotatable bonds is 4. The highest BCUT2D eigenvalue weighted by Gasteiger charge is 2.12. The van der Waals surface area contributed by atoms with Gasteiger partial charge in [-0.15, -0.1) is 0 Å². The van der Waals surface area contributed by atoms with E-state index in [1.54, 1.807) is 0 Å². The van der Waals surface area contributed by atoms with E-state index in [0.717, 1.165) is 6.07 Å². The van der Waals surface area contributed by atoms with Crippen molar-refractivity contribution in [2.45, 2.75) is 13.2 Å². The molecule has 0 saturated carbocycles. The van der Waals surface area contributed by atoms with Crippen molar-refractivity contribution in [2.24, 2.45) is 5.90 Å². The summed E-state index contributed by atoms with van der Waals surface area (Å²) in [5.74, 6) is 3.50. The normalized spacial score (nSPS) is 10.6. The van der Waals surface area contributed by atoms with Crippen molar-refractivity contribution in [1.29, 1.82) is 0 Å². The van der Waals surface area contributed by atoms with Gasteiger partial charge >= 0.3 is 0 Å². The molecule has 0 bridgehead atoms. The van der Waals surface area contributed by atoms with E-state index in [1.165, 1.54) is 13.2 Å². The highest BCUT2D eigenvalue weighted by Crippen LogP contribution is 2.18. The van der Waals surface area contributed by atoms with Crippen molar-refractivity contribution in [3.63, 3.8) is 0 Å². The minimum Gasteiger partial charge on any atom is -0.380 e. The molecule has 0 aliphatic rings. The lowest BCUT2D eigenvalue weighted by molar-refractivity contribution is 0.120. The highest BCUT2D eigenvalue weighted by molar-refractivity contribution is 5.26. The van der Waals surface area contributed by atoms with Crippen LogP contribution in [0.5, 0.6) is 0 Å². The fourth-order valence-electron chi connectivity index (χ4n) is 1.12. The molecule has 78 valence electrons. The van der Waals surface area contributed by atoms with Gasteiger partial charge in [-0.25, -0.2) is 14.7 Å². The lowest BCUT2D eigenvalue weighted by atomic mass is 10.1. The second kappa shape index (κ2) is 4.99. The molecule has 0 aromatic heterocycles. The Morgan fingerprint density at radius 2 is 2.00 bits per heavy atom. The van der Waals surface area contributed by atoms with E-state index in [9.17, 15) is 8.78 Å². The number of nitrogens with two attached hydrogens (primary N) is 1. The quantitative estimate of drug-likeness (QED) is 0.754. The molecule has 0 atom stereocenters. The standard InChI is InChI=1S/C9H11F2NO2/c1-13-5-7-8(10)3-2-6(4-14-12)9(7)11/h2-3H,4-5,12H2,1H3. The van der Waals surface area contributed by atoms with Crippen LogP contribution < -0.4 is 5.90 Å². The monoisotopic (exact) mass is 203 g/mol. The lowest BCUT2D eigenvalue weighted by Crippen LogP contribution is -2.05. The lowest BCUT2D eigenvalue weighted by Gasteiger charge is -2.07. The minimum atomic E-state index is -0.669. The summed E-state index contributed by atoms with van der Waals surface area (Å²) in [4.78, 5) is 4.28. The first-order valence-electron chi connectivity index (χ1n) is 3.97. The zero-order valence-corrected chi connectivity index (χ0v) is 7.72. The Kier molecular flexibility index (Phi) is 3.94. The smallest absolute Gasteiger partial charge is 0.137 e. The van der Waals surface area contributed by atoms with Crippen molar-refractivity contribution in [1.82, 2.24) is 0 Å². The van der Waals surface area contributed by atoms with Crippen LogP contribution in [0.2, 0.25) is 0 Å². The molecule has 0 spiro atoms. The van der Waals surface area contributed by atoms with Crippen LogP contribution in [0.4, 0.5) is 8.78 Å². The van der Waals surface area contributed by atoms with Crippen LogP contribution in [0.1, 0.15) is 11.1 Å². The zero-order valence-electron chi connectivity index (χ0n) is 7.72. The predicted octanol–water partition coefficient (Wildman–Crippen LogP) is 1.50. The third kappa shape index (κ3) is 2.25. The van der Waals surface area contributed by atoms with Crippen LogP contribution >= 0.6 is 0 Å². The zero-order chi connectivity index (χ0) is 10.6. The van der Waals surface area contributed by atoms with E-state index in [2.05, 4.69) is 9.57 Å². The van der Waals surface area contributed by atoms with Crippen LogP contribution in [-0.2, 0) is 22.8 Å². The third-order valence-electron chi connectivity index (χ3n) is 1.79. The second-order valence-corrected chi connectivity index (χ2v) is 2.74. The van der Waals surface area contributed by atoms with Gasteiger partial charge in [0.25, 0.3) is 0 Å². The van der Waals surface area contributed by atoms with Gasteiger partial charge in [0.1, 0.15) is 11.6 Å². The Labute approximate surface area is 80.4 Å². The second-order valence-electron chi connectivity index (χ2n) is 2.74. The Morgan fingerprint density at radius 1 is 1.29 bits per heavy atom. The molecular weight excluding hydrogens is 192 g/mol. The fourth-order valence-corrected chi connectivity index (χ4v) is 1.12. The molecule has 3 nitrogen and oxygen atoms in total. The van der Waals surface area contributed by atoms with Crippen molar-refractivity contribution >= 4 is 0 Å². The molecule has 5 heteroatoms. The molecule has 0 heterocycles. The van der Waals surface area contributed by atoms with Gasteiger partial charge in [-0.2, -0.15) is 0 Å². The molecule has 1 rings (SSSR count). The Morgan fingerprint density at radius 3 is 2.57 bits per heavy atom. The molecular formula is C9H11F2NO2. The number of ether oxygens (including phenoxy) is 1. The summed E-state index contributed by atoms with van der Waals surface area (Å²) < 4.78 is 31.2. The largest absolute Gasteiger partial charge is 0.380 e. The maximum Gasteiger partial charge on any atom is 0.137 e. The van der Waals surface area contributed by atoms with Gasteiger partial charge in [0.2, 0.25) is 0 Å². The minimum absolute atomic E-state index is 0.0944. The topological polar surface area (TPSA) is 44.5 Å². The summed E-state index contributed by atoms with van der Waals surface area (Å²) in [6.45, 7) is -0.209. The summed E-state index contributed by atoms with van der Waals surface area (Å²) in [6, 6.07) is 2.45. The molecule has 14 heavy (non-hydrogen) atoms. The van der Waals surface area contributed by atoms with Crippen LogP contribution in [0.3, 0.4) is 0 Å². The summed E-state index contributed by atoms with van der Waals surface area (Å²) in [5, 5.41) is 0. The van der Waals surface area contributed by atoms with Gasteiger partial charge in [-0.05, 0) is 6.07 Å². The van der Waals surface area contributed by atoms with Gasteiger partial charge < -0.3 is 4.74 Å². The van der Waals surface area contributed by atoms with Gasteiger partial charge in [0.05, 0.1) is 13.2 Å². The van der Waals surface area contributed by atoms with Crippen molar-refractivity contribution in [3.05, 3.63) is 34.9 Å². The third-order valence-corrected chi connectivity index (χ3v) is 1.79. The van der Waals surface area contributed by atoms with Crippen LogP contribution in [0, 0.1) is 11.6 Å². The van der Waals surface area contributed by atoms with Crippen LogP contribution in [0.15, 0.2) is 12.1 Å². The molecule has 2 N–H and O–H groups in total. The first-order chi connectivity index (χ1) is 6.70. The predicted molar refractivity (Wildman–Crippen MR) is 46.0 cm³/mol. The van der Waals surface area contributed by atoms with Crippen LogP contribution in [0.25, 0.3) is 0 Å². The molecule has 1 aromatic rings. The SMILES string of the molecule is COCc1c(F)ccc(CON)c1F. The van der Waals surface area contributed by atoms with Gasteiger partial charge in [0.15, 0.2) is 0 Å². The molecule has 0 amide bonds. The fraction of sp³-hybridized carbons (Fsp3) is 0.333. The van der Waals surface area contributed by atoms with E-state index in [4.69, 9.17) is 5.90 Å². The Hall–Kier alpha value is -1.04. The molecule has 0 fully saturated rings. The first kappa shape index (κ1) is 11.0. The van der Waals surface area contributed by atoms with E-state index in [1.807, 2.05) is 0 Å². The molecule has 0 aliphatic carbocycles. The van der Waals surface area contributed by atoms with Crippen molar-refractivity contribution in [3.8, 4) is 0 Å². The number of benzene rings is 1. The summed E-state index contributed by atoms with van der Waals surface area (Å²) in [7, 11) is 1.37. The van der Waals surface area contributed by atoms with Gasteiger partial charge in [0, 0.05) is 18.2 Å².